The van der Waals surface area contributed by atoms with E-state index in [0.29, 0.717) is 6.04 Å². The summed E-state index contributed by atoms with van der Waals surface area (Å²) in [6.45, 7) is 5.10. The zero-order valence-corrected chi connectivity index (χ0v) is 8.67. The Morgan fingerprint density at radius 3 is 2.73 bits per heavy atom. The van der Waals surface area contributed by atoms with E-state index in [0.717, 1.165) is 25.9 Å². The van der Waals surface area contributed by atoms with Crippen LogP contribution in [-0.2, 0) is 4.79 Å². The third-order valence-electron chi connectivity index (χ3n) is 2.85. The molecule has 4 heteroatoms. The molecule has 0 atom stereocenters. The summed E-state index contributed by atoms with van der Waals surface area (Å²) >= 11 is 0. The van der Waals surface area contributed by atoms with E-state index in [2.05, 4.69) is 11.7 Å². The summed E-state index contributed by atoms with van der Waals surface area (Å²) in [6, 6.07) is 2.37. The highest BCUT2D eigenvalue weighted by Crippen LogP contribution is 2.21. The van der Waals surface area contributed by atoms with Gasteiger partial charge in [0.25, 0.3) is 0 Å². The van der Waals surface area contributed by atoms with Crippen molar-refractivity contribution in [1.82, 2.24) is 14.7 Å². The molecule has 1 aliphatic rings. The largest absolute Gasteiger partial charge is 0.339 e. The highest BCUT2D eigenvalue weighted by Gasteiger charge is 2.22. The van der Waals surface area contributed by atoms with Gasteiger partial charge >= 0.3 is 0 Å². The number of amides is 1. The van der Waals surface area contributed by atoms with Gasteiger partial charge in [0.15, 0.2) is 0 Å². The van der Waals surface area contributed by atoms with Gasteiger partial charge < -0.3 is 4.90 Å². The molecule has 15 heavy (non-hydrogen) atoms. The minimum atomic E-state index is 0.0360. The van der Waals surface area contributed by atoms with Crippen LogP contribution in [0, 0.1) is 0 Å². The number of hydrogen-bond donors (Lipinski definition) is 0. The van der Waals surface area contributed by atoms with E-state index in [9.17, 15) is 4.79 Å². The predicted octanol–water partition coefficient (Wildman–Crippen LogP) is 1.23. The average molecular weight is 205 g/mol. The number of nitrogens with zero attached hydrogens (tertiary/aromatic N) is 3. The number of likely N-dealkylation sites (tertiary alicyclic amines) is 1. The van der Waals surface area contributed by atoms with Crippen LogP contribution in [0.1, 0.15) is 18.9 Å². The molecule has 0 aliphatic carbocycles. The molecule has 1 fully saturated rings. The Balaban J connectivity index is 1.92. The summed E-state index contributed by atoms with van der Waals surface area (Å²) in [5.74, 6) is 0.0360. The molecule has 4 nitrogen and oxygen atoms in total. The maximum atomic E-state index is 11.3. The van der Waals surface area contributed by atoms with Crippen LogP contribution >= 0.6 is 0 Å². The quantitative estimate of drug-likeness (QED) is 0.681. The van der Waals surface area contributed by atoms with Crippen LogP contribution in [0.5, 0.6) is 0 Å². The summed E-state index contributed by atoms with van der Waals surface area (Å²) in [5.41, 5.74) is 0. The van der Waals surface area contributed by atoms with E-state index in [4.69, 9.17) is 0 Å². The molecule has 0 radical (unpaired) electrons. The van der Waals surface area contributed by atoms with Crippen molar-refractivity contribution in [2.75, 3.05) is 13.1 Å². The van der Waals surface area contributed by atoms with Crippen molar-refractivity contribution in [3.63, 3.8) is 0 Å². The molecule has 1 aliphatic heterocycles. The van der Waals surface area contributed by atoms with E-state index >= 15 is 0 Å². The summed E-state index contributed by atoms with van der Waals surface area (Å²) < 4.78 is 1.98. The van der Waals surface area contributed by atoms with Gasteiger partial charge in [-0.15, -0.1) is 0 Å². The minimum Gasteiger partial charge on any atom is -0.339 e. The summed E-state index contributed by atoms with van der Waals surface area (Å²) in [7, 11) is 0. The first kappa shape index (κ1) is 9.96. The smallest absolute Gasteiger partial charge is 0.245 e. The average Bonchev–Trinajstić information content (AvgIpc) is 2.82. The Hall–Kier alpha value is -1.58. The van der Waals surface area contributed by atoms with Crippen LogP contribution in [0.15, 0.2) is 31.1 Å². The van der Waals surface area contributed by atoms with Crippen LogP contribution in [0.2, 0.25) is 0 Å². The van der Waals surface area contributed by atoms with Crippen molar-refractivity contribution >= 4 is 5.91 Å². The lowest BCUT2D eigenvalue weighted by Gasteiger charge is -2.31. The van der Waals surface area contributed by atoms with Gasteiger partial charge in [0.2, 0.25) is 5.91 Å². The number of hydrogen-bond acceptors (Lipinski definition) is 2. The van der Waals surface area contributed by atoms with Crippen molar-refractivity contribution in [2.45, 2.75) is 18.9 Å². The molecule has 2 heterocycles. The summed E-state index contributed by atoms with van der Waals surface area (Å²) in [5, 5.41) is 4.22. The van der Waals surface area contributed by atoms with E-state index in [1.54, 1.807) is 6.20 Å². The molecule has 0 saturated carbocycles. The fraction of sp³-hybridized carbons (Fsp3) is 0.455. The van der Waals surface area contributed by atoms with Crippen molar-refractivity contribution in [2.24, 2.45) is 0 Å². The Labute approximate surface area is 89.2 Å². The molecule has 1 aromatic rings. The second-order valence-corrected chi connectivity index (χ2v) is 3.75. The van der Waals surface area contributed by atoms with Crippen molar-refractivity contribution in [1.29, 1.82) is 0 Å². The molecular weight excluding hydrogens is 190 g/mol. The third-order valence-corrected chi connectivity index (χ3v) is 2.85. The maximum absolute atomic E-state index is 11.3. The van der Waals surface area contributed by atoms with Gasteiger partial charge in [0.1, 0.15) is 0 Å². The fourth-order valence-electron chi connectivity index (χ4n) is 1.98. The van der Waals surface area contributed by atoms with E-state index in [1.165, 1.54) is 6.08 Å². The topological polar surface area (TPSA) is 38.1 Å². The lowest BCUT2D eigenvalue weighted by molar-refractivity contribution is -0.127. The van der Waals surface area contributed by atoms with Gasteiger partial charge in [0.05, 0.1) is 6.04 Å². The molecule has 1 saturated heterocycles. The van der Waals surface area contributed by atoms with Crippen molar-refractivity contribution in [3.8, 4) is 0 Å². The number of carbonyl (C=O) groups is 1. The molecule has 1 aromatic heterocycles. The van der Waals surface area contributed by atoms with Crippen LogP contribution in [0.4, 0.5) is 0 Å². The molecule has 0 N–H and O–H groups in total. The Bertz CT molecular complexity index is 337. The molecular formula is C11H15N3O. The molecule has 0 spiro atoms. The first-order valence-corrected chi connectivity index (χ1v) is 5.21. The van der Waals surface area contributed by atoms with E-state index in [-0.39, 0.29) is 5.91 Å². The molecule has 1 amide bonds. The number of piperidine rings is 1. The fourth-order valence-corrected chi connectivity index (χ4v) is 1.98. The molecule has 80 valence electrons. The first-order chi connectivity index (χ1) is 7.31. The highest BCUT2D eigenvalue weighted by atomic mass is 16.2. The lowest BCUT2D eigenvalue weighted by Crippen LogP contribution is -2.38. The second-order valence-electron chi connectivity index (χ2n) is 3.75. The normalized spacial score (nSPS) is 17.7. The Morgan fingerprint density at radius 1 is 1.47 bits per heavy atom. The molecule has 0 bridgehead atoms. The van der Waals surface area contributed by atoms with Crippen LogP contribution < -0.4 is 0 Å². The SMILES string of the molecule is C=CC(=O)N1CCC(n2cccn2)CC1. The number of aromatic nitrogens is 2. The number of carbonyl (C=O) groups excluding carboxylic acids is 1. The summed E-state index contributed by atoms with van der Waals surface area (Å²) in [6.07, 6.45) is 7.10. The maximum Gasteiger partial charge on any atom is 0.245 e. The van der Waals surface area contributed by atoms with Crippen LogP contribution in [-0.4, -0.2) is 33.7 Å². The van der Waals surface area contributed by atoms with Crippen LogP contribution in [0.25, 0.3) is 0 Å². The van der Waals surface area contributed by atoms with E-state index < -0.39 is 0 Å². The molecule has 2 rings (SSSR count). The number of rotatable bonds is 2. The first-order valence-electron chi connectivity index (χ1n) is 5.21. The Morgan fingerprint density at radius 2 is 2.20 bits per heavy atom. The predicted molar refractivity (Wildman–Crippen MR) is 57.3 cm³/mol. The zero-order valence-electron chi connectivity index (χ0n) is 8.67. The van der Waals surface area contributed by atoms with Gasteiger partial charge in [-0.05, 0) is 25.0 Å². The van der Waals surface area contributed by atoms with E-state index in [1.807, 2.05) is 21.8 Å². The monoisotopic (exact) mass is 205 g/mol. The van der Waals surface area contributed by atoms with Gasteiger partial charge in [-0.1, -0.05) is 6.58 Å². The second kappa shape index (κ2) is 4.29. The Kier molecular flexibility index (Phi) is 2.85. The summed E-state index contributed by atoms with van der Waals surface area (Å²) in [4.78, 5) is 13.2. The van der Waals surface area contributed by atoms with Crippen LogP contribution in [0.3, 0.4) is 0 Å². The lowest BCUT2D eigenvalue weighted by atomic mass is 10.1. The standard InChI is InChI=1S/C11H15N3O/c1-2-11(15)13-8-4-10(5-9-13)14-7-3-6-12-14/h2-3,6-7,10H,1,4-5,8-9H2. The molecule has 0 unspecified atom stereocenters. The molecule has 0 aromatic carbocycles. The van der Waals surface area contributed by atoms with Crippen molar-refractivity contribution < 1.29 is 4.79 Å². The van der Waals surface area contributed by atoms with Crippen molar-refractivity contribution in [3.05, 3.63) is 31.1 Å². The van der Waals surface area contributed by atoms with Gasteiger partial charge in [0, 0.05) is 25.5 Å². The highest BCUT2D eigenvalue weighted by molar-refractivity contribution is 5.87. The minimum absolute atomic E-state index is 0.0360. The van der Waals surface area contributed by atoms with Gasteiger partial charge in [-0.25, -0.2) is 0 Å². The zero-order chi connectivity index (χ0) is 10.7. The van der Waals surface area contributed by atoms with Gasteiger partial charge in [-0.3, -0.25) is 9.48 Å². The third kappa shape index (κ3) is 2.09. The van der Waals surface area contributed by atoms with Gasteiger partial charge in [-0.2, -0.15) is 5.10 Å².